The number of hydrogen-bond donors (Lipinski definition) is 1. The quantitative estimate of drug-likeness (QED) is 0.607. The fraction of sp³-hybridized carbons (Fsp3) is 0.435. The Morgan fingerprint density at radius 2 is 2.31 bits per heavy atom. The van der Waals surface area contributed by atoms with Gasteiger partial charge >= 0.3 is 0 Å². The zero-order chi connectivity index (χ0) is 20.4. The summed E-state index contributed by atoms with van der Waals surface area (Å²) < 4.78 is 5.06. The van der Waals surface area contributed by atoms with Crippen LogP contribution >= 0.6 is 0 Å². The van der Waals surface area contributed by atoms with E-state index in [0.717, 1.165) is 55.9 Å². The highest BCUT2D eigenvalue weighted by molar-refractivity contribution is 6.04. The number of aryl methyl sites for hydroxylation is 1. The van der Waals surface area contributed by atoms with E-state index in [4.69, 9.17) is 4.52 Å². The van der Waals surface area contributed by atoms with Crippen molar-refractivity contribution in [1.29, 1.82) is 0 Å². The van der Waals surface area contributed by atoms with Crippen molar-refractivity contribution in [3.63, 3.8) is 0 Å². The fourth-order valence-electron chi connectivity index (χ4n) is 4.34. The summed E-state index contributed by atoms with van der Waals surface area (Å²) in [6.07, 6.45) is 14.6. The topological polar surface area (TPSA) is 70.7 Å². The first kappa shape index (κ1) is 19.4. The van der Waals surface area contributed by atoms with E-state index in [0.29, 0.717) is 17.7 Å². The lowest BCUT2D eigenvalue weighted by Gasteiger charge is -2.32. The van der Waals surface area contributed by atoms with Crippen LogP contribution in [0.1, 0.15) is 48.2 Å². The highest BCUT2D eigenvalue weighted by Gasteiger charge is 2.43. The largest absolute Gasteiger partial charge is 0.370 e. The van der Waals surface area contributed by atoms with Crippen molar-refractivity contribution in [2.75, 3.05) is 20.1 Å². The second-order valence-corrected chi connectivity index (χ2v) is 8.14. The molecule has 3 heterocycles. The van der Waals surface area contributed by atoms with Crippen molar-refractivity contribution in [3.05, 3.63) is 65.4 Å². The maximum absolute atomic E-state index is 12.7. The van der Waals surface area contributed by atoms with Crippen LogP contribution in [0.5, 0.6) is 0 Å². The third-order valence-corrected chi connectivity index (χ3v) is 6.03. The molecule has 1 aromatic heterocycles. The molecule has 0 saturated heterocycles. The summed E-state index contributed by atoms with van der Waals surface area (Å²) in [7, 11) is 1.80. The molecule has 4 rings (SSSR count). The summed E-state index contributed by atoms with van der Waals surface area (Å²) in [4.78, 5) is 19.5. The molecule has 1 aliphatic carbocycles. The summed E-state index contributed by atoms with van der Waals surface area (Å²) in [6.45, 7) is 7.75. The molecule has 1 aromatic rings. The molecule has 0 radical (unpaired) electrons. The van der Waals surface area contributed by atoms with Gasteiger partial charge in [0.25, 0.3) is 0 Å². The minimum atomic E-state index is 0.100. The molecule has 1 saturated carbocycles. The van der Waals surface area contributed by atoms with E-state index in [1.807, 2.05) is 12.3 Å². The molecule has 0 unspecified atom stereocenters. The first-order valence-electron chi connectivity index (χ1n) is 10.2. The Bertz CT molecular complexity index is 944. The number of aromatic nitrogens is 1. The number of carbonyl (C=O) groups excluding carboxylic acids is 1. The Morgan fingerprint density at radius 3 is 2.97 bits per heavy atom. The number of rotatable bonds is 5. The lowest BCUT2D eigenvalue weighted by atomic mass is 9.92. The molecule has 0 aromatic carbocycles. The first-order chi connectivity index (χ1) is 14.0. The fourth-order valence-corrected chi connectivity index (χ4v) is 4.34. The number of nitrogens with zero attached hydrogens (tertiary/aromatic N) is 3. The van der Waals surface area contributed by atoms with Gasteiger partial charge in [-0.15, -0.1) is 0 Å². The van der Waals surface area contributed by atoms with Crippen molar-refractivity contribution >= 4 is 11.6 Å². The van der Waals surface area contributed by atoms with Crippen LogP contribution in [-0.4, -0.2) is 41.8 Å². The van der Waals surface area contributed by atoms with Crippen molar-refractivity contribution in [3.8, 4) is 0 Å². The van der Waals surface area contributed by atoms with Gasteiger partial charge in [-0.05, 0) is 44.8 Å². The van der Waals surface area contributed by atoms with E-state index in [-0.39, 0.29) is 11.2 Å². The van der Waals surface area contributed by atoms with Crippen LogP contribution in [-0.2, 0) is 0 Å². The molecule has 1 spiro atoms. The summed E-state index contributed by atoms with van der Waals surface area (Å²) in [5, 5.41) is 6.94. The van der Waals surface area contributed by atoms with Gasteiger partial charge in [-0.3, -0.25) is 9.79 Å². The first-order valence-corrected chi connectivity index (χ1v) is 10.2. The van der Waals surface area contributed by atoms with E-state index in [9.17, 15) is 4.79 Å². The number of carbonyl (C=O) groups is 1. The minimum absolute atomic E-state index is 0.100. The smallest absolute Gasteiger partial charge is 0.172 e. The van der Waals surface area contributed by atoms with Crippen molar-refractivity contribution in [1.82, 2.24) is 15.4 Å². The molecule has 0 bridgehead atoms. The van der Waals surface area contributed by atoms with Crippen LogP contribution in [0.2, 0.25) is 0 Å². The monoisotopic (exact) mass is 392 g/mol. The van der Waals surface area contributed by atoms with Crippen molar-refractivity contribution in [2.24, 2.45) is 10.4 Å². The van der Waals surface area contributed by atoms with Crippen molar-refractivity contribution in [2.45, 2.75) is 39.0 Å². The molecule has 0 atom stereocenters. The Kier molecular flexibility index (Phi) is 5.26. The molecule has 152 valence electrons. The van der Waals surface area contributed by atoms with Gasteiger partial charge in [-0.2, -0.15) is 0 Å². The van der Waals surface area contributed by atoms with E-state index in [2.05, 4.69) is 39.1 Å². The molecule has 0 amide bonds. The van der Waals surface area contributed by atoms with Gasteiger partial charge in [0.2, 0.25) is 0 Å². The second kappa shape index (κ2) is 7.85. The molecular formula is C23H28N4O2. The molecule has 6 nitrogen and oxygen atoms in total. The molecule has 1 fully saturated rings. The summed E-state index contributed by atoms with van der Waals surface area (Å²) in [6, 6.07) is 0. The number of nitrogens with one attached hydrogen (secondary N) is 1. The predicted molar refractivity (Wildman–Crippen MR) is 114 cm³/mol. The zero-order valence-electron chi connectivity index (χ0n) is 17.2. The van der Waals surface area contributed by atoms with E-state index in [1.165, 1.54) is 11.8 Å². The molecule has 6 heteroatoms. The highest BCUT2D eigenvalue weighted by Crippen LogP contribution is 2.50. The van der Waals surface area contributed by atoms with Crippen LogP contribution in [0, 0.1) is 12.3 Å². The Balaban J connectivity index is 1.55. The summed E-state index contributed by atoms with van der Waals surface area (Å²) >= 11 is 0. The van der Waals surface area contributed by atoms with E-state index < -0.39 is 0 Å². The zero-order valence-corrected chi connectivity index (χ0v) is 17.2. The predicted octanol–water partition coefficient (Wildman–Crippen LogP) is 3.94. The third-order valence-electron chi connectivity index (χ3n) is 6.03. The molecular weight excluding hydrogens is 364 g/mol. The van der Waals surface area contributed by atoms with Crippen LogP contribution in [0.4, 0.5) is 0 Å². The molecule has 2 aliphatic heterocycles. The lowest BCUT2D eigenvalue weighted by Crippen LogP contribution is -2.33. The SMILES string of the molecule is C=C/C(=C1/C=CNC1=NC)N1CCCC(CC(=O)c2cnoc2C)=CC2(CC2)C1. The Labute approximate surface area is 171 Å². The van der Waals surface area contributed by atoms with Gasteiger partial charge in [0, 0.05) is 49.4 Å². The number of allylic oxidation sites excluding steroid dienone is 2. The van der Waals surface area contributed by atoms with E-state index >= 15 is 0 Å². The maximum atomic E-state index is 12.7. The molecule has 29 heavy (non-hydrogen) atoms. The van der Waals surface area contributed by atoms with Crippen LogP contribution in [0.25, 0.3) is 0 Å². The van der Waals surface area contributed by atoms with Crippen LogP contribution < -0.4 is 5.32 Å². The number of amidine groups is 1. The summed E-state index contributed by atoms with van der Waals surface area (Å²) in [5.74, 6) is 1.59. The second-order valence-electron chi connectivity index (χ2n) is 8.14. The van der Waals surface area contributed by atoms with Gasteiger partial charge in [-0.25, -0.2) is 0 Å². The van der Waals surface area contributed by atoms with Gasteiger partial charge in [-0.1, -0.05) is 23.4 Å². The normalized spacial score (nSPS) is 23.4. The highest BCUT2D eigenvalue weighted by atomic mass is 16.5. The van der Waals surface area contributed by atoms with Crippen LogP contribution in [0.15, 0.2) is 63.6 Å². The Hall–Kier alpha value is -2.89. The average Bonchev–Trinajstić information content (AvgIpc) is 3.08. The summed E-state index contributed by atoms with van der Waals surface area (Å²) in [5.41, 5.74) is 4.24. The number of Topliss-reactive ketones (excluding diaryl/α,β-unsaturated/α-hetero) is 1. The maximum Gasteiger partial charge on any atom is 0.172 e. The standard InChI is InChI=1S/C23H28N4O2/c1-4-20(18-7-10-25-22(18)24-3)27-11-5-6-17(13-23(15-27)8-9-23)12-21(28)19-14-26-29-16(19)2/h4,7,10,13-14H,1,5-6,8-9,11-12,15H2,2-3H3,(H,24,25)/b17-13?,20-18+. The third kappa shape index (κ3) is 3.97. The number of aliphatic imine (C=N–C) groups is 1. The minimum Gasteiger partial charge on any atom is -0.370 e. The van der Waals surface area contributed by atoms with Gasteiger partial charge < -0.3 is 14.7 Å². The van der Waals surface area contributed by atoms with E-state index in [1.54, 1.807) is 14.0 Å². The van der Waals surface area contributed by atoms with Gasteiger partial charge in [0.15, 0.2) is 5.78 Å². The van der Waals surface area contributed by atoms with Crippen LogP contribution in [0.3, 0.4) is 0 Å². The number of ketones is 1. The molecule has 1 N–H and O–H groups in total. The van der Waals surface area contributed by atoms with Gasteiger partial charge in [0.1, 0.15) is 11.6 Å². The molecule has 3 aliphatic rings. The van der Waals surface area contributed by atoms with Crippen molar-refractivity contribution < 1.29 is 9.32 Å². The van der Waals surface area contributed by atoms with Gasteiger partial charge in [0.05, 0.1) is 11.8 Å². The number of hydrogen-bond acceptors (Lipinski definition) is 5. The lowest BCUT2D eigenvalue weighted by molar-refractivity contribution is 0.0989. The average molecular weight is 393 g/mol. The Morgan fingerprint density at radius 1 is 1.48 bits per heavy atom.